The molecule has 0 heterocycles. The van der Waals surface area contributed by atoms with E-state index in [0.717, 1.165) is 11.4 Å². The summed E-state index contributed by atoms with van der Waals surface area (Å²) in [6.07, 6.45) is 0. The third-order valence-electron chi connectivity index (χ3n) is 11.2. The van der Waals surface area contributed by atoms with Crippen molar-refractivity contribution in [1.29, 1.82) is 0 Å². The fourth-order valence-corrected chi connectivity index (χ4v) is 10.2. The van der Waals surface area contributed by atoms with Gasteiger partial charge < -0.3 is 4.90 Å². The summed E-state index contributed by atoms with van der Waals surface area (Å²) in [5.74, 6) is 0. The van der Waals surface area contributed by atoms with Crippen molar-refractivity contribution in [3.8, 4) is 22.3 Å². The normalized spacial score (nSPS) is 13.7. The van der Waals surface area contributed by atoms with Crippen LogP contribution < -0.4 is 10.1 Å². The fourth-order valence-electron chi connectivity index (χ4n) is 9.02. The van der Waals surface area contributed by atoms with Gasteiger partial charge in [0.2, 0.25) is 0 Å². The zero-order valence-corrected chi connectivity index (χ0v) is 29.6. The third-order valence-corrected chi connectivity index (χ3v) is 13.3. The lowest BCUT2D eigenvalue weighted by Crippen LogP contribution is -2.37. The van der Waals surface area contributed by atoms with Gasteiger partial charge in [-0.3, -0.25) is 0 Å². The van der Waals surface area contributed by atoms with Crippen LogP contribution in [0.25, 0.3) is 43.8 Å². The van der Waals surface area contributed by atoms with Gasteiger partial charge in [-0.1, -0.05) is 158 Å². The summed E-state index contributed by atoms with van der Waals surface area (Å²) in [5, 5.41) is 6.64. The molecule has 0 unspecified atom stereocenters. The van der Waals surface area contributed by atoms with Crippen molar-refractivity contribution in [2.24, 2.45) is 0 Å². The van der Waals surface area contributed by atoms with Gasteiger partial charge in [-0.2, -0.15) is 0 Å². The van der Waals surface area contributed by atoms with E-state index in [0.29, 0.717) is 0 Å². The number of para-hydroxylation sites is 1. The highest BCUT2D eigenvalue weighted by Gasteiger charge is 2.53. The van der Waals surface area contributed by atoms with Gasteiger partial charge in [-0.15, -0.1) is 0 Å². The number of benzene rings is 8. The molecule has 2 heteroatoms. The minimum Gasteiger partial charge on any atom is -0.310 e. The Morgan fingerprint density at radius 3 is 1.58 bits per heavy atom. The molecule has 8 aromatic rings. The Morgan fingerprint density at radius 2 is 0.920 bits per heavy atom. The molecule has 50 heavy (non-hydrogen) atoms. The van der Waals surface area contributed by atoms with Crippen molar-refractivity contribution in [3.63, 3.8) is 0 Å². The molecule has 0 aromatic heterocycles. The highest BCUT2D eigenvalue weighted by molar-refractivity contribution is 6.88. The zero-order chi connectivity index (χ0) is 33.6. The number of hydrogen-bond acceptors (Lipinski definition) is 1. The zero-order valence-electron chi connectivity index (χ0n) is 28.6. The average molecular weight is 656 g/mol. The highest BCUT2D eigenvalue weighted by atomic mass is 28.3. The van der Waals surface area contributed by atoms with Crippen molar-refractivity contribution in [2.75, 3.05) is 4.90 Å². The van der Waals surface area contributed by atoms with E-state index in [1.54, 1.807) is 0 Å². The van der Waals surface area contributed by atoms with Crippen LogP contribution in [-0.4, -0.2) is 8.07 Å². The predicted octanol–water partition coefficient (Wildman–Crippen LogP) is 12.4. The molecule has 8 aromatic carbocycles. The van der Waals surface area contributed by atoms with Crippen molar-refractivity contribution in [2.45, 2.75) is 25.1 Å². The van der Waals surface area contributed by atoms with E-state index in [-0.39, 0.29) is 0 Å². The van der Waals surface area contributed by atoms with E-state index in [1.165, 1.54) is 76.9 Å². The number of rotatable bonds is 4. The van der Waals surface area contributed by atoms with Gasteiger partial charge >= 0.3 is 0 Å². The lowest BCUT2D eigenvalue weighted by Gasteiger charge is -2.32. The number of hydrogen-bond donors (Lipinski definition) is 0. The Morgan fingerprint density at radius 1 is 0.400 bits per heavy atom. The molecule has 1 nitrogen and oxygen atoms in total. The molecule has 0 aliphatic heterocycles. The van der Waals surface area contributed by atoms with E-state index < -0.39 is 13.5 Å². The predicted molar refractivity (Wildman–Crippen MR) is 215 cm³/mol. The largest absolute Gasteiger partial charge is 0.310 e. The van der Waals surface area contributed by atoms with Crippen LogP contribution in [0, 0.1) is 0 Å². The molecule has 2 aliphatic rings. The lowest BCUT2D eigenvalue weighted by atomic mass is 9.68. The van der Waals surface area contributed by atoms with E-state index in [1.807, 2.05) is 0 Å². The summed E-state index contributed by atoms with van der Waals surface area (Å²) in [7, 11) is -1.43. The molecular weight excluding hydrogens is 619 g/mol. The first-order valence-electron chi connectivity index (χ1n) is 17.7. The average Bonchev–Trinajstić information content (AvgIpc) is 3.63. The second-order valence-corrected chi connectivity index (χ2v) is 20.0. The molecule has 0 radical (unpaired) electrons. The number of anilines is 3. The van der Waals surface area contributed by atoms with Crippen molar-refractivity contribution < 1.29 is 0 Å². The van der Waals surface area contributed by atoms with Crippen molar-refractivity contribution in [3.05, 3.63) is 192 Å². The monoisotopic (exact) mass is 655 g/mol. The first kappa shape index (κ1) is 29.2. The van der Waals surface area contributed by atoms with Crippen LogP contribution in [0.4, 0.5) is 17.1 Å². The Balaban J connectivity index is 1.26. The van der Waals surface area contributed by atoms with Crippen LogP contribution in [0.3, 0.4) is 0 Å². The molecule has 0 fully saturated rings. The van der Waals surface area contributed by atoms with Gasteiger partial charge in [-0.05, 0) is 102 Å². The molecule has 0 amide bonds. The Bertz CT molecular complexity index is 2580. The molecule has 0 bridgehead atoms. The van der Waals surface area contributed by atoms with Crippen molar-refractivity contribution >= 4 is 51.9 Å². The standard InChI is InChI=1S/C48H37NSi/c1-50(2,3)37-26-23-35(24-27-37)49(34-14-5-4-6-15-34)36-25-30-39-33(31-36)22-29-43-42-28-21-32-13-7-8-16-38(32)46(42)48(47(39)43)44-19-11-9-17-40(44)41-18-10-12-20-45(41)48/h4-31H,1-3H3. The SMILES string of the molecule is C[Si](C)(C)c1ccc(N(c2ccccc2)c2ccc3c4c(ccc3c2)-c2ccc3ccccc3c2C42c3ccccc3-c3ccccc32)cc1. The first-order valence-corrected chi connectivity index (χ1v) is 21.2. The molecule has 0 atom stereocenters. The van der Waals surface area contributed by atoms with Gasteiger partial charge in [0.15, 0.2) is 0 Å². The fraction of sp³-hybridized carbons (Fsp3) is 0.0833. The summed E-state index contributed by atoms with van der Waals surface area (Å²) >= 11 is 0. The maximum absolute atomic E-state index is 2.41. The quantitative estimate of drug-likeness (QED) is 0.171. The maximum atomic E-state index is 2.41. The van der Waals surface area contributed by atoms with Gasteiger partial charge in [0.25, 0.3) is 0 Å². The summed E-state index contributed by atoms with van der Waals surface area (Å²) in [4.78, 5) is 2.40. The first-order chi connectivity index (χ1) is 24.4. The van der Waals surface area contributed by atoms with Crippen LogP contribution in [0.5, 0.6) is 0 Å². The van der Waals surface area contributed by atoms with Crippen LogP contribution in [0.1, 0.15) is 22.3 Å². The molecule has 2 aliphatic carbocycles. The van der Waals surface area contributed by atoms with E-state index >= 15 is 0 Å². The number of fused-ring (bicyclic) bond motifs is 14. The molecule has 1 spiro atoms. The second kappa shape index (κ2) is 10.6. The number of nitrogens with zero attached hydrogens (tertiary/aromatic N) is 1. The van der Waals surface area contributed by atoms with Gasteiger partial charge in [-0.25, -0.2) is 0 Å². The van der Waals surface area contributed by atoms with E-state index in [2.05, 4.69) is 194 Å². The van der Waals surface area contributed by atoms with Crippen LogP contribution in [0.15, 0.2) is 170 Å². The smallest absolute Gasteiger partial charge is 0.0775 e. The molecule has 10 rings (SSSR count). The van der Waals surface area contributed by atoms with E-state index in [4.69, 9.17) is 0 Å². The third kappa shape index (κ3) is 4.00. The highest BCUT2D eigenvalue weighted by Crippen LogP contribution is 2.65. The summed E-state index contributed by atoms with van der Waals surface area (Å²) in [5.41, 5.74) is 14.0. The second-order valence-electron chi connectivity index (χ2n) is 14.9. The van der Waals surface area contributed by atoms with Gasteiger partial charge in [0.05, 0.1) is 13.5 Å². The minimum absolute atomic E-state index is 0.425. The van der Waals surface area contributed by atoms with Crippen molar-refractivity contribution in [1.82, 2.24) is 0 Å². The molecular formula is C48H37NSi. The van der Waals surface area contributed by atoms with Gasteiger partial charge in [0, 0.05) is 17.1 Å². The van der Waals surface area contributed by atoms with Crippen LogP contribution in [0.2, 0.25) is 19.6 Å². The Kier molecular flexibility index (Phi) is 6.22. The summed E-state index contributed by atoms with van der Waals surface area (Å²) in [6, 6.07) is 63.8. The Labute approximate surface area is 295 Å². The minimum atomic E-state index is -1.43. The topological polar surface area (TPSA) is 3.24 Å². The lowest BCUT2D eigenvalue weighted by molar-refractivity contribution is 0.809. The van der Waals surface area contributed by atoms with Crippen LogP contribution in [-0.2, 0) is 5.41 Å². The van der Waals surface area contributed by atoms with E-state index in [9.17, 15) is 0 Å². The van der Waals surface area contributed by atoms with Crippen LogP contribution >= 0.6 is 0 Å². The summed E-state index contributed by atoms with van der Waals surface area (Å²) < 4.78 is 0. The summed E-state index contributed by atoms with van der Waals surface area (Å²) in [6.45, 7) is 7.23. The molecule has 0 saturated carbocycles. The Hall–Kier alpha value is -5.70. The molecule has 238 valence electrons. The molecule has 0 saturated heterocycles. The maximum Gasteiger partial charge on any atom is 0.0775 e. The van der Waals surface area contributed by atoms with Gasteiger partial charge in [0.1, 0.15) is 0 Å². The molecule has 0 N–H and O–H groups in total.